The van der Waals surface area contributed by atoms with Crippen LogP contribution in [-0.4, -0.2) is 87.4 Å². The van der Waals surface area contributed by atoms with Crippen LogP contribution < -0.4 is 16.0 Å². The molecule has 1 saturated heterocycles. The Kier molecular flexibility index (Phi) is 13.5. The third-order valence-electron chi connectivity index (χ3n) is 6.41. The second-order valence-electron chi connectivity index (χ2n) is 11.3. The number of esters is 1. The van der Waals surface area contributed by atoms with Crippen molar-refractivity contribution in [3.63, 3.8) is 0 Å². The van der Waals surface area contributed by atoms with Gasteiger partial charge in [0.05, 0.1) is 5.56 Å². The Labute approximate surface area is 278 Å². The summed E-state index contributed by atoms with van der Waals surface area (Å²) in [5.41, 5.74) is -1.71. The van der Waals surface area contributed by atoms with Crippen LogP contribution in [-0.2, 0) is 44.1 Å². The number of anilines is 2. The standard InChI is InChI=1S/C31H37F4N3O11/c1-6-44-26-25(43-5)24(47-22(39)15-36-27(40)49-30(2,3)4)23(48-29(42)38-19-11-7-17(8-12-19)31(33,34)35)21(46-26)16-45-28(41)37-20-13-9-18(32)10-14-20/h7-14,21,23-26H,6,15-16H2,1-5H3,(H,36,40)(H,37,41)(H,38,42)/t21-,23-,24+,25-,26+/m1/s1. The monoisotopic (exact) mass is 703 g/mol. The number of alkyl carbamates (subject to hydrolysis) is 1. The summed E-state index contributed by atoms with van der Waals surface area (Å²) >= 11 is 0. The van der Waals surface area contributed by atoms with Gasteiger partial charge in [-0.2, -0.15) is 13.2 Å². The largest absolute Gasteiger partial charge is 0.454 e. The summed E-state index contributed by atoms with van der Waals surface area (Å²) in [6, 6.07) is 8.23. The first kappa shape index (κ1) is 38.8. The average Bonchev–Trinajstić information content (AvgIpc) is 3.00. The van der Waals surface area contributed by atoms with Gasteiger partial charge in [0.2, 0.25) is 0 Å². The van der Waals surface area contributed by atoms with Crippen molar-refractivity contribution in [1.29, 1.82) is 0 Å². The first-order valence-corrected chi connectivity index (χ1v) is 14.8. The minimum Gasteiger partial charge on any atom is -0.454 e. The van der Waals surface area contributed by atoms with Crippen molar-refractivity contribution >= 4 is 35.6 Å². The number of alkyl halides is 3. The highest BCUT2D eigenvalue weighted by molar-refractivity contribution is 5.85. The van der Waals surface area contributed by atoms with E-state index in [-0.39, 0.29) is 18.0 Å². The number of hydrogen-bond acceptors (Lipinski definition) is 11. The highest BCUT2D eigenvalue weighted by atomic mass is 19.4. The van der Waals surface area contributed by atoms with Crippen LogP contribution in [0.25, 0.3) is 0 Å². The molecule has 3 N–H and O–H groups in total. The number of amides is 3. The van der Waals surface area contributed by atoms with Crippen molar-refractivity contribution in [2.45, 2.75) is 70.2 Å². The number of benzene rings is 2. The molecule has 0 radical (unpaired) electrons. The lowest BCUT2D eigenvalue weighted by molar-refractivity contribution is -0.305. The van der Waals surface area contributed by atoms with Crippen molar-refractivity contribution in [3.05, 3.63) is 59.9 Å². The lowest BCUT2D eigenvalue weighted by Crippen LogP contribution is -2.63. The second-order valence-corrected chi connectivity index (χ2v) is 11.3. The zero-order valence-corrected chi connectivity index (χ0v) is 27.1. The molecule has 3 rings (SSSR count). The summed E-state index contributed by atoms with van der Waals surface area (Å²) in [5.74, 6) is -1.57. The Morgan fingerprint density at radius 2 is 1.41 bits per heavy atom. The average molecular weight is 704 g/mol. The van der Waals surface area contributed by atoms with Gasteiger partial charge >= 0.3 is 30.4 Å². The number of hydrogen-bond donors (Lipinski definition) is 3. The van der Waals surface area contributed by atoms with Crippen molar-refractivity contribution in [3.8, 4) is 0 Å². The Balaban J connectivity index is 1.85. The molecule has 1 aliphatic heterocycles. The number of methoxy groups -OCH3 is 1. The molecule has 0 aromatic heterocycles. The normalized spacial score (nSPS) is 20.8. The topological polar surface area (TPSA) is 169 Å². The van der Waals surface area contributed by atoms with E-state index in [0.717, 1.165) is 36.4 Å². The smallest absolute Gasteiger partial charge is 0.416 e. The van der Waals surface area contributed by atoms with E-state index in [0.29, 0.717) is 0 Å². The molecule has 0 saturated carbocycles. The quantitative estimate of drug-likeness (QED) is 0.159. The second kappa shape index (κ2) is 17.1. The molecular weight excluding hydrogens is 666 g/mol. The van der Waals surface area contributed by atoms with Crippen molar-refractivity contribution in [1.82, 2.24) is 5.32 Å². The van der Waals surface area contributed by atoms with Gasteiger partial charge < -0.3 is 38.5 Å². The van der Waals surface area contributed by atoms with Gasteiger partial charge in [-0.3, -0.25) is 15.4 Å². The molecule has 18 heteroatoms. The Bertz CT molecular complexity index is 1420. The van der Waals surface area contributed by atoms with Gasteiger partial charge in [-0.25, -0.2) is 18.8 Å². The third-order valence-corrected chi connectivity index (χ3v) is 6.41. The predicted octanol–water partition coefficient (Wildman–Crippen LogP) is 5.22. The van der Waals surface area contributed by atoms with E-state index < -0.39 is 91.3 Å². The Hall–Kier alpha value is -4.68. The van der Waals surface area contributed by atoms with E-state index in [4.69, 9.17) is 33.2 Å². The molecule has 5 atom stereocenters. The number of rotatable bonds is 11. The van der Waals surface area contributed by atoms with Crippen LogP contribution in [0.3, 0.4) is 0 Å². The van der Waals surface area contributed by atoms with Gasteiger partial charge in [0, 0.05) is 25.1 Å². The fraction of sp³-hybridized carbons (Fsp3) is 0.484. The van der Waals surface area contributed by atoms with E-state index in [2.05, 4.69) is 16.0 Å². The number of carbonyl (C=O) groups is 4. The van der Waals surface area contributed by atoms with Crippen molar-refractivity contribution in [2.24, 2.45) is 0 Å². The number of nitrogens with one attached hydrogen (secondary N) is 3. The lowest BCUT2D eigenvalue weighted by atomic mass is 9.98. The molecule has 1 aliphatic rings. The van der Waals surface area contributed by atoms with Crippen LogP contribution in [0, 0.1) is 5.82 Å². The van der Waals surface area contributed by atoms with Gasteiger partial charge in [0.25, 0.3) is 0 Å². The molecule has 1 heterocycles. The fourth-order valence-corrected chi connectivity index (χ4v) is 4.35. The molecule has 0 unspecified atom stereocenters. The summed E-state index contributed by atoms with van der Waals surface area (Å²) in [6.07, 6.45) is -14.8. The molecule has 2 aromatic rings. The van der Waals surface area contributed by atoms with Crippen LogP contribution in [0.1, 0.15) is 33.3 Å². The molecule has 1 fully saturated rings. The van der Waals surface area contributed by atoms with Crippen LogP contribution >= 0.6 is 0 Å². The molecule has 0 spiro atoms. The maximum absolute atomic E-state index is 13.3. The summed E-state index contributed by atoms with van der Waals surface area (Å²) in [6.45, 7) is 5.23. The van der Waals surface area contributed by atoms with Crippen molar-refractivity contribution in [2.75, 3.05) is 37.5 Å². The van der Waals surface area contributed by atoms with Gasteiger partial charge in [-0.05, 0) is 76.2 Å². The van der Waals surface area contributed by atoms with E-state index in [1.54, 1.807) is 27.7 Å². The fourth-order valence-electron chi connectivity index (χ4n) is 4.35. The van der Waals surface area contributed by atoms with Crippen LogP contribution in [0.15, 0.2) is 48.5 Å². The summed E-state index contributed by atoms with van der Waals surface area (Å²) in [5, 5.41) is 6.89. The molecule has 0 aliphatic carbocycles. The molecule has 14 nitrogen and oxygen atoms in total. The van der Waals surface area contributed by atoms with Gasteiger partial charge in [-0.15, -0.1) is 0 Å². The third kappa shape index (κ3) is 12.4. The first-order valence-electron chi connectivity index (χ1n) is 14.8. The lowest BCUT2D eigenvalue weighted by Gasteiger charge is -2.44. The van der Waals surface area contributed by atoms with Crippen LogP contribution in [0.4, 0.5) is 43.3 Å². The molecule has 2 aromatic carbocycles. The maximum Gasteiger partial charge on any atom is 0.416 e. The van der Waals surface area contributed by atoms with Gasteiger partial charge in [0.15, 0.2) is 18.5 Å². The summed E-state index contributed by atoms with van der Waals surface area (Å²) < 4.78 is 90.8. The van der Waals surface area contributed by atoms with Crippen LogP contribution in [0.2, 0.25) is 0 Å². The van der Waals surface area contributed by atoms with E-state index in [9.17, 15) is 36.7 Å². The summed E-state index contributed by atoms with van der Waals surface area (Å²) in [4.78, 5) is 50.7. The molecule has 0 bridgehead atoms. The highest BCUT2D eigenvalue weighted by Gasteiger charge is 2.52. The Morgan fingerprint density at radius 3 is 1.96 bits per heavy atom. The molecule has 49 heavy (non-hydrogen) atoms. The minimum atomic E-state index is -4.61. The maximum atomic E-state index is 13.3. The van der Waals surface area contributed by atoms with E-state index in [1.165, 1.54) is 19.2 Å². The number of halogens is 4. The highest BCUT2D eigenvalue weighted by Crippen LogP contribution is 2.31. The molecule has 270 valence electrons. The SMILES string of the molecule is CCO[C@H]1O[C@H](COC(=O)Nc2ccc(F)cc2)[C@@H](OC(=O)Nc2ccc(C(F)(F)F)cc2)[C@H](OC(=O)CNC(=O)OC(C)(C)C)[C@H]1OC. The molecule has 3 amide bonds. The first-order chi connectivity index (χ1) is 23.0. The summed E-state index contributed by atoms with van der Waals surface area (Å²) in [7, 11) is 1.23. The predicted molar refractivity (Wildman–Crippen MR) is 162 cm³/mol. The van der Waals surface area contributed by atoms with Gasteiger partial charge in [-0.1, -0.05) is 0 Å². The zero-order valence-electron chi connectivity index (χ0n) is 27.1. The van der Waals surface area contributed by atoms with E-state index >= 15 is 0 Å². The Morgan fingerprint density at radius 1 is 0.816 bits per heavy atom. The number of ether oxygens (including phenoxy) is 7. The molecular formula is C31H37F4N3O11. The van der Waals surface area contributed by atoms with Crippen LogP contribution in [0.5, 0.6) is 0 Å². The van der Waals surface area contributed by atoms with Crippen molar-refractivity contribution < 1.29 is 69.9 Å². The zero-order chi connectivity index (χ0) is 36.4. The minimum absolute atomic E-state index is 0.0734. The van der Waals surface area contributed by atoms with Gasteiger partial charge in [0.1, 0.15) is 36.8 Å². The number of carbonyl (C=O) groups excluding carboxylic acids is 4. The van der Waals surface area contributed by atoms with E-state index in [1.807, 2.05) is 0 Å².